The zero-order valence-electron chi connectivity index (χ0n) is 12.2. The van der Waals surface area contributed by atoms with E-state index in [0.29, 0.717) is 0 Å². The summed E-state index contributed by atoms with van der Waals surface area (Å²) in [5.74, 6) is 0.155. The zero-order valence-corrected chi connectivity index (χ0v) is 12.2. The van der Waals surface area contributed by atoms with Crippen molar-refractivity contribution >= 4 is 11.5 Å². The Kier molecular flexibility index (Phi) is 4.84. The van der Waals surface area contributed by atoms with Crippen LogP contribution in [0.4, 0.5) is 5.69 Å². The molecule has 0 amide bonds. The standard InChI is InChI=1S/C15H23N3O2/c1-3-20-12-5-4-8-18(10-12)14-7-6-11(2)9-13(14)15(16)17-19/h6-7,9,12,19H,3-5,8,10H2,1-2H3,(H2,16,17). The van der Waals surface area contributed by atoms with Crippen molar-refractivity contribution in [1.29, 1.82) is 0 Å². The van der Waals surface area contributed by atoms with Crippen molar-refractivity contribution in [3.8, 4) is 0 Å². The van der Waals surface area contributed by atoms with Crippen LogP contribution >= 0.6 is 0 Å². The summed E-state index contributed by atoms with van der Waals surface area (Å²) < 4.78 is 5.73. The number of ether oxygens (including phenoxy) is 1. The number of amidine groups is 1. The molecule has 1 aromatic carbocycles. The molecule has 1 aliphatic rings. The number of hydrogen-bond donors (Lipinski definition) is 2. The van der Waals surface area contributed by atoms with Gasteiger partial charge in [0.2, 0.25) is 0 Å². The number of piperidine rings is 1. The van der Waals surface area contributed by atoms with E-state index < -0.39 is 0 Å². The van der Waals surface area contributed by atoms with E-state index in [1.165, 1.54) is 0 Å². The fourth-order valence-electron chi connectivity index (χ4n) is 2.71. The summed E-state index contributed by atoms with van der Waals surface area (Å²) in [6.07, 6.45) is 2.44. The fraction of sp³-hybridized carbons (Fsp3) is 0.533. The van der Waals surface area contributed by atoms with E-state index >= 15 is 0 Å². The number of anilines is 1. The molecule has 0 radical (unpaired) electrons. The Morgan fingerprint density at radius 2 is 2.35 bits per heavy atom. The highest BCUT2D eigenvalue weighted by atomic mass is 16.5. The number of nitrogens with zero attached hydrogens (tertiary/aromatic N) is 2. The van der Waals surface area contributed by atoms with Gasteiger partial charge >= 0.3 is 0 Å². The molecule has 0 aromatic heterocycles. The van der Waals surface area contributed by atoms with Crippen molar-refractivity contribution < 1.29 is 9.94 Å². The minimum atomic E-state index is 0.155. The summed E-state index contributed by atoms with van der Waals surface area (Å²) in [6.45, 7) is 6.57. The summed E-state index contributed by atoms with van der Waals surface area (Å²) in [5, 5.41) is 12.1. The van der Waals surface area contributed by atoms with E-state index in [0.717, 1.165) is 49.4 Å². The Morgan fingerprint density at radius 3 is 3.05 bits per heavy atom. The zero-order chi connectivity index (χ0) is 14.5. The van der Waals surface area contributed by atoms with Gasteiger partial charge < -0.3 is 20.6 Å². The summed E-state index contributed by atoms with van der Waals surface area (Å²) in [5.41, 5.74) is 8.69. The topological polar surface area (TPSA) is 71.1 Å². The lowest BCUT2D eigenvalue weighted by Crippen LogP contribution is -2.40. The fourth-order valence-corrected chi connectivity index (χ4v) is 2.71. The van der Waals surface area contributed by atoms with Crippen molar-refractivity contribution in [1.82, 2.24) is 0 Å². The van der Waals surface area contributed by atoms with E-state index in [-0.39, 0.29) is 11.9 Å². The highest BCUT2D eigenvalue weighted by Crippen LogP contribution is 2.26. The van der Waals surface area contributed by atoms with E-state index in [1.807, 2.05) is 32.0 Å². The summed E-state index contributed by atoms with van der Waals surface area (Å²) >= 11 is 0. The van der Waals surface area contributed by atoms with Crippen LogP contribution in [0.15, 0.2) is 23.4 Å². The van der Waals surface area contributed by atoms with Crippen LogP contribution in [0, 0.1) is 6.92 Å². The normalized spacial score (nSPS) is 20.2. The van der Waals surface area contributed by atoms with Gasteiger partial charge in [-0.2, -0.15) is 0 Å². The first kappa shape index (κ1) is 14.7. The molecular weight excluding hydrogens is 254 g/mol. The molecule has 0 saturated carbocycles. The van der Waals surface area contributed by atoms with Gasteiger partial charge in [0.05, 0.1) is 6.10 Å². The lowest BCUT2D eigenvalue weighted by molar-refractivity contribution is 0.0526. The SMILES string of the molecule is CCOC1CCCN(c2ccc(C)cc2/C(N)=N/O)C1. The first-order valence-electron chi connectivity index (χ1n) is 7.10. The summed E-state index contributed by atoms with van der Waals surface area (Å²) in [4.78, 5) is 2.26. The molecule has 5 nitrogen and oxygen atoms in total. The number of benzene rings is 1. The molecule has 3 N–H and O–H groups in total. The molecule has 0 spiro atoms. The molecule has 20 heavy (non-hydrogen) atoms. The summed E-state index contributed by atoms with van der Waals surface area (Å²) in [6, 6.07) is 6.04. The smallest absolute Gasteiger partial charge is 0.172 e. The highest BCUT2D eigenvalue weighted by molar-refractivity contribution is 6.02. The molecular formula is C15H23N3O2. The van der Waals surface area contributed by atoms with Gasteiger partial charge in [-0.3, -0.25) is 0 Å². The first-order chi connectivity index (χ1) is 9.65. The molecule has 1 atom stereocenters. The average Bonchev–Trinajstić information content (AvgIpc) is 2.47. The average molecular weight is 277 g/mol. The molecule has 1 aromatic rings. The molecule has 1 fully saturated rings. The van der Waals surface area contributed by atoms with Crippen molar-refractivity contribution in [3.05, 3.63) is 29.3 Å². The van der Waals surface area contributed by atoms with Crippen molar-refractivity contribution in [2.24, 2.45) is 10.9 Å². The predicted octanol–water partition coefficient (Wildman–Crippen LogP) is 2.09. The molecule has 1 saturated heterocycles. The van der Waals surface area contributed by atoms with E-state index in [9.17, 15) is 0 Å². The van der Waals surface area contributed by atoms with Gasteiger partial charge in [0.1, 0.15) is 0 Å². The minimum Gasteiger partial charge on any atom is -0.409 e. The van der Waals surface area contributed by atoms with Crippen LogP contribution < -0.4 is 10.6 Å². The third kappa shape index (κ3) is 3.22. The second kappa shape index (κ2) is 6.61. The van der Waals surface area contributed by atoms with Crippen LogP contribution in [0.25, 0.3) is 0 Å². The summed E-state index contributed by atoms with van der Waals surface area (Å²) in [7, 11) is 0. The maximum absolute atomic E-state index is 8.96. The Morgan fingerprint density at radius 1 is 1.55 bits per heavy atom. The quantitative estimate of drug-likeness (QED) is 0.382. The Hall–Kier alpha value is -1.75. The molecule has 0 aliphatic carbocycles. The monoisotopic (exact) mass is 277 g/mol. The molecule has 2 rings (SSSR count). The van der Waals surface area contributed by atoms with Gasteiger partial charge in [0, 0.05) is 30.9 Å². The Labute approximate surface area is 120 Å². The number of aryl methyl sites for hydroxylation is 1. The van der Waals surface area contributed by atoms with Crippen molar-refractivity contribution in [2.45, 2.75) is 32.8 Å². The van der Waals surface area contributed by atoms with Gasteiger partial charge in [-0.1, -0.05) is 16.8 Å². The number of oxime groups is 1. The van der Waals surface area contributed by atoms with Gasteiger partial charge in [-0.15, -0.1) is 0 Å². The number of nitrogens with two attached hydrogens (primary N) is 1. The molecule has 1 aliphatic heterocycles. The second-order valence-electron chi connectivity index (χ2n) is 5.17. The van der Waals surface area contributed by atoms with E-state index in [1.54, 1.807) is 0 Å². The van der Waals surface area contributed by atoms with Crippen LogP contribution in [0.1, 0.15) is 30.9 Å². The van der Waals surface area contributed by atoms with Gasteiger partial charge in [-0.05, 0) is 38.8 Å². The van der Waals surface area contributed by atoms with Gasteiger partial charge in [0.15, 0.2) is 5.84 Å². The van der Waals surface area contributed by atoms with Crippen LogP contribution in [0.3, 0.4) is 0 Å². The minimum absolute atomic E-state index is 0.155. The van der Waals surface area contributed by atoms with Gasteiger partial charge in [0.25, 0.3) is 0 Å². The van der Waals surface area contributed by atoms with Crippen LogP contribution in [-0.2, 0) is 4.74 Å². The third-order valence-electron chi connectivity index (χ3n) is 3.66. The molecule has 5 heteroatoms. The lowest BCUT2D eigenvalue weighted by atomic mass is 10.0. The van der Waals surface area contributed by atoms with Crippen molar-refractivity contribution in [3.63, 3.8) is 0 Å². The highest BCUT2D eigenvalue weighted by Gasteiger charge is 2.22. The predicted molar refractivity (Wildman–Crippen MR) is 80.6 cm³/mol. The largest absolute Gasteiger partial charge is 0.409 e. The molecule has 0 bridgehead atoms. The van der Waals surface area contributed by atoms with Crippen molar-refractivity contribution in [2.75, 3.05) is 24.6 Å². The van der Waals surface area contributed by atoms with E-state index in [2.05, 4.69) is 10.1 Å². The van der Waals surface area contributed by atoms with Gasteiger partial charge in [-0.25, -0.2) is 0 Å². The number of hydrogen-bond acceptors (Lipinski definition) is 4. The van der Waals surface area contributed by atoms with Crippen LogP contribution in [0.5, 0.6) is 0 Å². The molecule has 1 heterocycles. The number of rotatable bonds is 4. The maximum atomic E-state index is 8.96. The Bertz CT molecular complexity index is 486. The maximum Gasteiger partial charge on any atom is 0.172 e. The third-order valence-corrected chi connectivity index (χ3v) is 3.66. The lowest BCUT2D eigenvalue weighted by Gasteiger charge is -2.35. The van der Waals surface area contributed by atoms with Crippen LogP contribution in [-0.4, -0.2) is 36.8 Å². The Balaban J connectivity index is 2.27. The molecule has 1 unspecified atom stereocenters. The molecule has 110 valence electrons. The first-order valence-corrected chi connectivity index (χ1v) is 7.10. The van der Waals surface area contributed by atoms with E-state index in [4.69, 9.17) is 15.7 Å². The van der Waals surface area contributed by atoms with Crippen LogP contribution in [0.2, 0.25) is 0 Å². The second-order valence-corrected chi connectivity index (χ2v) is 5.17.